The molecule has 0 nitrogen and oxygen atoms in total. The van der Waals surface area contributed by atoms with Crippen LogP contribution in [0.2, 0.25) is 9.36 Å². The van der Waals surface area contributed by atoms with Crippen LogP contribution < -0.4 is 0 Å². The highest BCUT2D eigenvalue weighted by Gasteiger charge is 2.13. The second-order valence-electron chi connectivity index (χ2n) is 3.31. The Kier molecular flexibility index (Phi) is 2.68. The van der Waals surface area contributed by atoms with Crippen LogP contribution in [0, 0.1) is 5.38 Å². The molecule has 79 valence electrons. The van der Waals surface area contributed by atoms with E-state index in [4.69, 9.17) is 23.2 Å². The van der Waals surface area contributed by atoms with Gasteiger partial charge in [-0.2, -0.15) is 0 Å². The van der Waals surface area contributed by atoms with Gasteiger partial charge in [-0.05, 0) is 11.4 Å². The molecule has 4 heteroatoms. The van der Waals surface area contributed by atoms with E-state index in [1.54, 1.807) is 11.3 Å². The van der Waals surface area contributed by atoms with E-state index in [9.17, 15) is 0 Å². The average Bonchev–Trinajstić information content (AvgIpc) is 2.85. The Hall–Kier alpha value is -0.540. The van der Waals surface area contributed by atoms with E-state index in [0.29, 0.717) is 9.36 Å². The largest absolute Gasteiger partial charge is 0.143 e. The van der Waals surface area contributed by atoms with Crippen LogP contribution in [0.25, 0.3) is 21.2 Å². The van der Waals surface area contributed by atoms with Crippen LogP contribution in [-0.4, -0.2) is 0 Å². The van der Waals surface area contributed by atoms with Crippen LogP contribution in [0.1, 0.15) is 0 Å². The molecule has 3 rings (SSSR count). The quantitative estimate of drug-likeness (QED) is 0.534. The summed E-state index contributed by atoms with van der Waals surface area (Å²) in [6, 6.07) is 8.26. The van der Waals surface area contributed by atoms with Crippen molar-refractivity contribution in [1.82, 2.24) is 0 Å². The van der Waals surface area contributed by atoms with Crippen molar-refractivity contribution in [1.29, 1.82) is 0 Å². The van der Waals surface area contributed by atoms with Gasteiger partial charge in [-0.3, -0.25) is 0 Å². The molecule has 3 aromatic rings. The first-order valence-electron chi connectivity index (χ1n) is 4.59. The maximum absolute atomic E-state index is 6.15. The third-order valence-electron chi connectivity index (χ3n) is 2.39. The van der Waals surface area contributed by atoms with Crippen molar-refractivity contribution in [2.24, 2.45) is 0 Å². The van der Waals surface area contributed by atoms with E-state index in [-0.39, 0.29) is 0 Å². The lowest BCUT2D eigenvalue weighted by Gasteiger charge is -1.96. The molecule has 0 aliphatic carbocycles. The third-order valence-corrected chi connectivity index (χ3v) is 5.05. The lowest BCUT2D eigenvalue weighted by molar-refractivity contribution is 1.81. The standard InChI is InChI=1S/C12H5Cl2S2/c13-11-9(6-16-12(11)14)8-5-15-10-4-2-1-3-7(8)10/h1-5H. The molecule has 0 spiro atoms. The number of hydrogen-bond acceptors (Lipinski definition) is 2. The van der Waals surface area contributed by atoms with Crippen LogP contribution in [0.5, 0.6) is 0 Å². The molecule has 2 heterocycles. The van der Waals surface area contributed by atoms with Gasteiger partial charge in [-0.1, -0.05) is 41.4 Å². The summed E-state index contributed by atoms with van der Waals surface area (Å²) in [5.41, 5.74) is 2.03. The highest BCUT2D eigenvalue weighted by Crippen LogP contribution is 2.42. The fourth-order valence-corrected chi connectivity index (χ4v) is 3.71. The average molecular weight is 284 g/mol. The summed E-state index contributed by atoms with van der Waals surface area (Å²) in [7, 11) is 0. The summed E-state index contributed by atoms with van der Waals surface area (Å²) >= 11 is 15.2. The van der Waals surface area contributed by atoms with Crippen molar-refractivity contribution >= 4 is 56.0 Å². The summed E-state index contributed by atoms with van der Waals surface area (Å²) in [6.45, 7) is 0. The van der Waals surface area contributed by atoms with Crippen LogP contribution in [-0.2, 0) is 0 Å². The van der Waals surface area contributed by atoms with Gasteiger partial charge in [0, 0.05) is 21.2 Å². The Balaban J connectivity index is 2.30. The maximum atomic E-state index is 6.15. The van der Waals surface area contributed by atoms with Crippen molar-refractivity contribution in [3.8, 4) is 11.1 Å². The highest BCUT2D eigenvalue weighted by molar-refractivity contribution is 7.18. The van der Waals surface area contributed by atoms with Gasteiger partial charge in [-0.25, -0.2) is 0 Å². The third kappa shape index (κ3) is 1.57. The van der Waals surface area contributed by atoms with Crippen molar-refractivity contribution in [2.45, 2.75) is 0 Å². The molecule has 1 aromatic carbocycles. The van der Waals surface area contributed by atoms with E-state index >= 15 is 0 Å². The van der Waals surface area contributed by atoms with E-state index in [2.05, 4.69) is 22.9 Å². The molecule has 0 aliphatic rings. The zero-order valence-corrected chi connectivity index (χ0v) is 11.1. The van der Waals surface area contributed by atoms with E-state index in [1.807, 2.05) is 12.1 Å². The lowest BCUT2D eigenvalue weighted by atomic mass is 10.1. The monoisotopic (exact) mass is 283 g/mol. The smallest absolute Gasteiger partial charge is 0.113 e. The lowest BCUT2D eigenvalue weighted by Crippen LogP contribution is -1.71. The minimum atomic E-state index is 0.604. The molecule has 0 atom stereocenters. The molecule has 0 unspecified atom stereocenters. The van der Waals surface area contributed by atoms with E-state index in [1.165, 1.54) is 21.4 Å². The van der Waals surface area contributed by atoms with E-state index in [0.717, 1.165) is 11.1 Å². The Labute approximate surface area is 111 Å². The van der Waals surface area contributed by atoms with Crippen LogP contribution in [0.4, 0.5) is 0 Å². The van der Waals surface area contributed by atoms with Gasteiger partial charge in [-0.15, -0.1) is 22.7 Å². The van der Waals surface area contributed by atoms with Crippen molar-refractivity contribution in [3.63, 3.8) is 0 Å². The zero-order chi connectivity index (χ0) is 11.1. The number of thiophene rings is 2. The van der Waals surface area contributed by atoms with Crippen LogP contribution in [0.15, 0.2) is 29.6 Å². The van der Waals surface area contributed by atoms with E-state index < -0.39 is 0 Å². The molecule has 0 bridgehead atoms. The molecule has 0 saturated heterocycles. The Morgan fingerprint density at radius 1 is 1.12 bits per heavy atom. The van der Waals surface area contributed by atoms with Crippen molar-refractivity contribution < 1.29 is 0 Å². The van der Waals surface area contributed by atoms with Crippen LogP contribution in [0.3, 0.4) is 0 Å². The minimum absolute atomic E-state index is 0.604. The fraction of sp³-hybridized carbons (Fsp3) is 0. The maximum Gasteiger partial charge on any atom is 0.113 e. The first kappa shape index (κ1) is 10.6. The Bertz CT molecular complexity index is 652. The van der Waals surface area contributed by atoms with Gasteiger partial charge in [0.1, 0.15) is 4.34 Å². The SMILES string of the molecule is Clc1s[c]c(-c2csc3ccccc23)c1Cl. The summed E-state index contributed by atoms with van der Waals surface area (Å²) in [6.07, 6.45) is 0. The highest BCUT2D eigenvalue weighted by atomic mass is 35.5. The normalized spacial score (nSPS) is 11.1. The number of benzene rings is 1. The number of hydrogen-bond donors (Lipinski definition) is 0. The molecule has 0 N–H and O–H groups in total. The van der Waals surface area contributed by atoms with Gasteiger partial charge in [0.15, 0.2) is 0 Å². The molecule has 1 radical (unpaired) electrons. The summed E-state index contributed by atoms with van der Waals surface area (Å²) in [5, 5.41) is 7.07. The Morgan fingerprint density at radius 3 is 2.69 bits per heavy atom. The fourth-order valence-electron chi connectivity index (χ4n) is 1.63. The predicted octanol–water partition coefficient (Wildman–Crippen LogP) is 5.74. The van der Waals surface area contributed by atoms with Gasteiger partial charge in [0.2, 0.25) is 0 Å². The Morgan fingerprint density at radius 2 is 1.94 bits per heavy atom. The molecular formula is C12H5Cl2S2. The van der Waals surface area contributed by atoms with Gasteiger partial charge in [0.05, 0.1) is 10.4 Å². The van der Waals surface area contributed by atoms with Crippen molar-refractivity contribution in [3.05, 3.63) is 44.4 Å². The van der Waals surface area contributed by atoms with Gasteiger partial charge in [0.25, 0.3) is 0 Å². The first-order chi connectivity index (χ1) is 7.77. The summed E-state index contributed by atoms with van der Waals surface area (Å²) in [5.74, 6) is 0. The zero-order valence-electron chi connectivity index (χ0n) is 7.96. The van der Waals surface area contributed by atoms with Gasteiger partial charge >= 0.3 is 0 Å². The van der Waals surface area contributed by atoms with Gasteiger partial charge < -0.3 is 0 Å². The number of rotatable bonds is 1. The summed E-state index contributed by atoms with van der Waals surface area (Å²) < 4.78 is 1.86. The first-order valence-corrected chi connectivity index (χ1v) is 7.04. The molecule has 0 aliphatic heterocycles. The predicted molar refractivity (Wildman–Crippen MR) is 74.0 cm³/mol. The van der Waals surface area contributed by atoms with Crippen molar-refractivity contribution in [2.75, 3.05) is 0 Å². The molecule has 2 aromatic heterocycles. The summed E-state index contributed by atoms with van der Waals surface area (Å²) in [4.78, 5) is 0. The number of halogens is 2. The molecule has 0 amide bonds. The topological polar surface area (TPSA) is 0 Å². The molecule has 0 fully saturated rings. The number of fused-ring (bicyclic) bond motifs is 1. The van der Waals surface area contributed by atoms with Crippen LogP contribution >= 0.6 is 45.9 Å². The minimum Gasteiger partial charge on any atom is -0.143 e. The molecule has 16 heavy (non-hydrogen) atoms. The second kappa shape index (κ2) is 4.04. The molecule has 0 saturated carbocycles. The molecular weight excluding hydrogens is 279 g/mol. The second-order valence-corrected chi connectivity index (χ2v) is 6.02.